The minimum Gasteiger partial charge on any atom is -0.351 e. The molecular weight excluding hydrogens is 360 g/mol. The normalized spacial score (nSPS) is 16.7. The smallest absolute Gasteiger partial charge is 0.229 e. The van der Waals surface area contributed by atoms with Gasteiger partial charge in [-0.15, -0.1) is 0 Å². The number of nitrogens with one attached hydrogen (secondary N) is 1. The lowest BCUT2D eigenvalue weighted by Crippen LogP contribution is -2.38. The SMILES string of the molecule is O=C(Cc1cccc2ccccc12)NC1CC(=O)N(c2ccc(Cl)cc2)C1. The maximum absolute atomic E-state index is 12.5. The van der Waals surface area contributed by atoms with Gasteiger partial charge in [-0.2, -0.15) is 0 Å². The molecule has 1 N–H and O–H groups in total. The molecule has 0 spiro atoms. The van der Waals surface area contributed by atoms with E-state index < -0.39 is 0 Å². The number of halogens is 1. The van der Waals surface area contributed by atoms with Crippen molar-refractivity contribution in [3.8, 4) is 0 Å². The lowest BCUT2D eigenvalue weighted by Gasteiger charge is -2.17. The maximum atomic E-state index is 12.5. The second-order valence-corrected chi connectivity index (χ2v) is 7.20. The van der Waals surface area contributed by atoms with Crippen molar-refractivity contribution >= 4 is 39.9 Å². The van der Waals surface area contributed by atoms with Gasteiger partial charge in [0.1, 0.15) is 0 Å². The van der Waals surface area contributed by atoms with Gasteiger partial charge in [-0.3, -0.25) is 9.59 Å². The van der Waals surface area contributed by atoms with Crippen LogP contribution in [0.15, 0.2) is 66.7 Å². The molecular formula is C22H19ClN2O2. The van der Waals surface area contributed by atoms with Crippen LogP contribution in [0, 0.1) is 0 Å². The number of nitrogens with zero attached hydrogens (tertiary/aromatic N) is 1. The lowest BCUT2D eigenvalue weighted by molar-refractivity contribution is -0.121. The fourth-order valence-corrected chi connectivity index (χ4v) is 3.70. The summed E-state index contributed by atoms with van der Waals surface area (Å²) in [6.45, 7) is 0.474. The standard InChI is InChI=1S/C22H19ClN2O2/c23-17-8-10-19(11-9-17)25-14-18(13-22(25)27)24-21(26)12-16-6-3-5-15-4-1-2-7-20(15)16/h1-11,18H,12-14H2,(H,24,26). The summed E-state index contributed by atoms with van der Waals surface area (Å²) in [7, 11) is 0. The van der Waals surface area contributed by atoms with Crippen molar-refractivity contribution in [3.05, 3.63) is 77.3 Å². The Morgan fingerprint density at radius 1 is 1.04 bits per heavy atom. The molecule has 27 heavy (non-hydrogen) atoms. The number of anilines is 1. The number of benzene rings is 3. The van der Waals surface area contributed by atoms with Gasteiger partial charge in [0.15, 0.2) is 0 Å². The van der Waals surface area contributed by atoms with Gasteiger partial charge < -0.3 is 10.2 Å². The summed E-state index contributed by atoms with van der Waals surface area (Å²) in [6.07, 6.45) is 0.608. The van der Waals surface area contributed by atoms with Gasteiger partial charge in [0, 0.05) is 23.7 Å². The Morgan fingerprint density at radius 3 is 2.59 bits per heavy atom. The molecule has 4 rings (SSSR count). The summed E-state index contributed by atoms with van der Waals surface area (Å²) in [4.78, 5) is 26.6. The van der Waals surface area contributed by atoms with Crippen LogP contribution in [0.2, 0.25) is 5.02 Å². The Labute approximate surface area is 162 Å². The first-order valence-electron chi connectivity index (χ1n) is 8.92. The van der Waals surface area contributed by atoms with Crippen LogP contribution in [0.5, 0.6) is 0 Å². The second-order valence-electron chi connectivity index (χ2n) is 6.76. The molecule has 1 unspecified atom stereocenters. The molecule has 1 aliphatic rings. The number of carbonyl (C=O) groups excluding carboxylic acids is 2. The number of amides is 2. The topological polar surface area (TPSA) is 49.4 Å². The quantitative estimate of drug-likeness (QED) is 0.747. The van der Waals surface area contributed by atoms with Crippen LogP contribution in [0.3, 0.4) is 0 Å². The van der Waals surface area contributed by atoms with E-state index in [-0.39, 0.29) is 17.9 Å². The van der Waals surface area contributed by atoms with E-state index in [1.54, 1.807) is 17.0 Å². The van der Waals surface area contributed by atoms with E-state index in [0.717, 1.165) is 22.0 Å². The van der Waals surface area contributed by atoms with Gasteiger partial charge >= 0.3 is 0 Å². The van der Waals surface area contributed by atoms with E-state index in [1.165, 1.54) is 0 Å². The van der Waals surface area contributed by atoms with Crippen molar-refractivity contribution in [2.75, 3.05) is 11.4 Å². The zero-order valence-corrected chi connectivity index (χ0v) is 15.4. The zero-order chi connectivity index (χ0) is 18.8. The molecule has 0 aromatic heterocycles. The van der Waals surface area contributed by atoms with E-state index in [4.69, 9.17) is 11.6 Å². The molecule has 0 bridgehead atoms. The Bertz CT molecular complexity index is 995. The predicted octanol–water partition coefficient (Wildman–Crippen LogP) is 3.96. The lowest BCUT2D eigenvalue weighted by atomic mass is 10.0. The molecule has 3 aromatic carbocycles. The molecule has 2 amide bonds. The van der Waals surface area contributed by atoms with Crippen LogP contribution in [0.4, 0.5) is 5.69 Å². The highest BCUT2D eigenvalue weighted by Gasteiger charge is 2.31. The van der Waals surface area contributed by atoms with Crippen LogP contribution >= 0.6 is 11.6 Å². The largest absolute Gasteiger partial charge is 0.351 e. The van der Waals surface area contributed by atoms with Crippen LogP contribution in [0.25, 0.3) is 10.8 Å². The number of hydrogen-bond donors (Lipinski definition) is 1. The molecule has 136 valence electrons. The molecule has 0 saturated carbocycles. The summed E-state index contributed by atoms with van der Waals surface area (Å²) in [5.74, 6) is -0.0603. The molecule has 1 aliphatic heterocycles. The van der Waals surface area contributed by atoms with Gasteiger partial charge in [-0.05, 0) is 40.6 Å². The van der Waals surface area contributed by atoms with Gasteiger partial charge in [-0.1, -0.05) is 54.1 Å². The average molecular weight is 379 g/mol. The third kappa shape index (κ3) is 3.81. The first-order valence-corrected chi connectivity index (χ1v) is 9.30. The van der Waals surface area contributed by atoms with E-state index in [2.05, 4.69) is 5.32 Å². The molecule has 0 aliphatic carbocycles. The van der Waals surface area contributed by atoms with E-state index >= 15 is 0 Å². The number of carbonyl (C=O) groups is 2. The summed E-state index contributed by atoms with van der Waals surface area (Å²) >= 11 is 5.91. The van der Waals surface area contributed by atoms with E-state index in [9.17, 15) is 9.59 Å². The van der Waals surface area contributed by atoms with Crippen molar-refractivity contribution in [1.29, 1.82) is 0 Å². The second kappa shape index (κ2) is 7.41. The van der Waals surface area contributed by atoms with Gasteiger partial charge in [0.2, 0.25) is 11.8 Å². The van der Waals surface area contributed by atoms with E-state index in [0.29, 0.717) is 24.4 Å². The fraction of sp³-hybridized carbons (Fsp3) is 0.182. The Morgan fingerprint density at radius 2 is 1.78 bits per heavy atom. The van der Waals surface area contributed by atoms with Crippen molar-refractivity contribution in [2.24, 2.45) is 0 Å². The Kier molecular flexibility index (Phi) is 4.82. The Hall–Kier alpha value is -2.85. The summed E-state index contributed by atoms with van der Waals surface area (Å²) in [5.41, 5.74) is 1.79. The highest BCUT2D eigenvalue weighted by atomic mass is 35.5. The summed E-state index contributed by atoms with van der Waals surface area (Å²) < 4.78 is 0. The number of fused-ring (bicyclic) bond motifs is 1. The summed E-state index contributed by atoms with van der Waals surface area (Å²) in [6, 6.07) is 21.0. The third-order valence-corrected chi connectivity index (χ3v) is 5.11. The number of rotatable bonds is 4. The van der Waals surface area contributed by atoms with E-state index in [1.807, 2.05) is 54.6 Å². The highest BCUT2D eigenvalue weighted by Crippen LogP contribution is 2.24. The monoisotopic (exact) mass is 378 g/mol. The van der Waals surface area contributed by atoms with Gasteiger partial charge in [0.05, 0.1) is 12.5 Å². The fourth-order valence-electron chi connectivity index (χ4n) is 3.57. The predicted molar refractivity (Wildman–Crippen MR) is 108 cm³/mol. The third-order valence-electron chi connectivity index (χ3n) is 4.86. The highest BCUT2D eigenvalue weighted by molar-refractivity contribution is 6.30. The molecule has 4 nitrogen and oxygen atoms in total. The van der Waals surface area contributed by atoms with Gasteiger partial charge in [0.25, 0.3) is 0 Å². The van der Waals surface area contributed by atoms with Crippen LogP contribution < -0.4 is 10.2 Å². The average Bonchev–Trinajstić information content (AvgIpc) is 3.02. The molecule has 0 radical (unpaired) electrons. The summed E-state index contributed by atoms with van der Waals surface area (Å²) in [5, 5.41) is 5.84. The van der Waals surface area contributed by atoms with Crippen molar-refractivity contribution in [1.82, 2.24) is 5.32 Å². The van der Waals surface area contributed by atoms with Crippen LogP contribution in [-0.2, 0) is 16.0 Å². The molecule has 1 heterocycles. The molecule has 1 atom stereocenters. The van der Waals surface area contributed by atoms with Crippen molar-refractivity contribution in [2.45, 2.75) is 18.9 Å². The van der Waals surface area contributed by atoms with Crippen LogP contribution in [0.1, 0.15) is 12.0 Å². The molecule has 5 heteroatoms. The van der Waals surface area contributed by atoms with Crippen molar-refractivity contribution < 1.29 is 9.59 Å². The molecule has 3 aromatic rings. The maximum Gasteiger partial charge on any atom is 0.229 e. The minimum atomic E-state index is -0.185. The number of hydrogen-bond acceptors (Lipinski definition) is 2. The van der Waals surface area contributed by atoms with Crippen molar-refractivity contribution in [3.63, 3.8) is 0 Å². The van der Waals surface area contributed by atoms with Gasteiger partial charge in [-0.25, -0.2) is 0 Å². The first kappa shape index (κ1) is 17.6. The first-order chi connectivity index (χ1) is 13.1. The zero-order valence-electron chi connectivity index (χ0n) is 14.7. The molecule has 1 saturated heterocycles. The minimum absolute atomic E-state index is 0.00721. The molecule has 1 fully saturated rings. The Balaban J connectivity index is 1.43. The van der Waals surface area contributed by atoms with Crippen LogP contribution in [-0.4, -0.2) is 24.4 Å².